The van der Waals surface area contributed by atoms with E-state index in [1.807, 2.05) is 0 Å². The molecule has 0 unspecified atom stereocenters. The molecular formula is CH4F2OSi2. The van der Waals surface area contributed by atoms with Gasteiger partial charge in [-0.2, -0.15) is 0 Å². The van der Waals surface area contributed by atoms with Crippen LogP contribution >= 0.6 is 0 Å². The molecule has 0 aromatic heterocycles. The molecule has 0 saturated carbocycles. The van der Waals surface area contributed by atoms with E-state index in [0.717, 1.165) is 0 Å². The number of hydrogen-bond donors (Lipinski definition) is 0. The lowest BCUT2D eigenvalue weighted by molar-refractivity contribution is 0.272. The lowest BCUT2D eigenvalue weighted by Gasteiger charge is -1.73. The van der Waals surface area contributed by atoms with Crippen LogP contribution in [0, 0.1) is 0 Å². The third kappa shape index (κ3) is 2.22. The van der Waals surface area contributed by atoms with Gasteiger partial charge in [0, 0.05) is 0 Å². The van der Waals surface area contributed by atoms with Gasteiger partial charge >= 0.3 is 0 Å². The number of hydrogen-bond acceptors (Lipinski definition) is 1. The number of carbonyl (C=O) groups is 1. The first-order valence-corrected chi connectivity index (χ1v) is 3.93. The van der Waals surface area contributed by atoms with Crippen molar-refractivity contribution in [1.82, 2.24) is 0 Å². The molecule has 0 aliphatic heterocycles. The topological polar surface area (TPSA) is 17.1 Å². The van der Waals surface area contributed by atoms with Crippen molar-refractivity contribution < 1.29 is 13.0 Å². The summed E-state index contributed by atoms with van der Waals surface area (Å²) in [4.78, 5) is 9.55. The zero-order valence-electron chi connectivity index (χ0n) is 3.08. The molecule has 0 aromatic carbocycles. The van der Waals surface area contributed by atoms with Crippen molar-refractivity contribution >= 4 is 24.7 Å². The zero-order valence-corrected chi connectivity index (χ0v) is 5.91. The predicted molar refractivity (Wildman–Crippen MR) is 24.7 cm³/mol. The van der Waals surface area contributed by atoms with E-state index in [9.17, 15) is 13.0 Å². The van der Waals surface area contributed by atoms with E-state index in [0.29, 0.717) is 0 Å². The fraction of sp³-hybridized carbons (Fsp3) is 0. The van der Waals surface area contributed by atoms with Crippen LogP contribution < -0.4 is 0 Å². The van der Waals surface area contributed by atoms with Crippen LogP contribution in [0.25, 0.3) is 0 Å². The van der Waals surface area contributed by atoms with E-state index in [1.165, 1.54) is 0 Å². The summed E-state index contributed by atoms with van der Waals surface area (Å²) in [5.74, 6) is 0. The maximum atomic E-state index is 11.0. The Kier molecular flexibility index (Phi) is 3.15. The van der Waals surface area contributed by atoms with Gasteiger partial charge in [0.25, 0.3) is 19.7 Å². The molecule has 0 saturated heterocycles. The lowest BCUT2D eigenvalue weighted by atomic mass is 11.8. The molecule has 0 fully saturated rings. The van der Waals surface area contributed by atoms with Gasteiger partial charge in [0.05, 0.1) is 0 Å². The first-order chi connectivity index (χ1) is 2.81. The van der Waals surface area contributed by atoms with Gasteiger partial charge in [0.15, 0.2) is 5.03 Å². The van der Waals surface area contributed by atoms with Crippen molar-refractivity contribution in [2.45, 2.75) is 0 Å². The monoisotopic (exact) mass is 126 g/mol. The Bertz CT molecular complexity index is 49.5. The third-order valence-corrected chi connectivity index (χ3v) is 2.03. The normalized spacial score (nSPS) is 12.3. The minimum absolute atomic E-state index is 0.713. The van der Waals surface area contributed by atoms with E-state index in [1.54, 1.807) is 0 Å². The largest absolute Gasteiger partial charge is 0.314 e. The van der Waals surface area contributed by atoms with Crippen LogP contribution in [0.3, 0.4) is 0 Å². The molecule has 0 aliphatic carbocycles. The molecule has 0 aliphatic rings. The van der Waals surface area contributed by atoms with Gasteiger partial charge in [-0.1, -0.05) is 0 Å². The van der Waals surface area contributed by atoms with E-state index in [2.05, 4.69) is 0 Å². The molecule has 0 heterocycles. The Labute approximate surface area is 38.7 Å². The second kappa shape index (κ2) is 3.17. The average Bonchev–Trinajstić information content (AvgIpc) is 1.65. The molecule has 6 heavy (non-hydrogen) atoms. The molecule has 0 amide bonds. The van der Waals surface area contributed by atoms with Crippen molar-refractivity contribution in [2.75, 3.05) is 0 Å². The summed E-state index contributed by atoms with van der Waals surface area (Å²) in [5.41, 5.74) is 0. The Hall–Kier alpha value is -0.0362. The Morgan fingerprint density at radius 3 is 1.67 bits per heavy atom. The standard InChI is InChI=1S/CH4F2OSi2/c2-5-1(4)6-3/h5-6H2. The minimum atomic E-state index is -2.11. The summed E-state index contributed by atoms with van der Waals surface area (Å²) in [6, 6.07) is 0. The molecule has 0 aromatic rings. The van der Waals surface area contributed by atoms with E-state index < -0.39 is 24.7 Å². The quantitative estimate of drug-likeness (QED) is 0.350. The van der Waals surface area contributed by atoms with Gasteiger partial charge in [-0.3, -0.25) is 0 Å². The van der Waals surface area contributed by atoms with Crippen molar-refractivity contribution in [2.24, 2.45) is 0 Å². The summed E-state index contributed by atoms with van der Waals surface area (Å²) >= 11 is 0. The Morgan fingerprint density at radius 2 is 1.67 bits per heavy atom. The fourth-order valence-corrected chi connectivity index (χ4v) is 0.321. The zero-order chi connectivity index (χ0) is 4.99. The number of carbonyl (C=O) groups excluding carboxylic acids is 1. The van der Waals surface area contributed by atoms with Crippen molar-refractivity contribution in [3.63, 3.8) is 0 Å². The first-order valence-electron chi connectivity index (χ1n) is 1.45. The molecule has 36 valence electrons. The highest BCUT2D eigenvalue weighted by Crippen LogP contribution is 1.69. The molecule has 0 bridgehead atoms. The number of rotatable bonds is 2. The maximum Gasteiger partial charge on any atom is 0.285 e. The van der Waals surface area contributed by atoms with Gasteiger partial charge in [0.2, 0.25) is 0 Å². The Morgan fingerprint density at radius 1 is 1.33 bits per heavy atom. The second-order valence-corrected chi connectivity index (χ2v) is 3.92. The van der Waals surface area contributed by atoms with Crippen molar-refractivity contribution in [3.05, 3.63) is 0 Å². The molecular weight excluding hydrogens is 122 g/mol. The molecule has 1 nitrogen and oxygen atoms in total. The van der Waals surface area contributed by atoms with Crippen LogP contribution in [0.4, 0.5) is 13.0 Å². The molecule has 0 radical (unpaired) electrons. The van der Waals surface area contributed by atoms with Gasteiger partial charge in [0.1, 0.15) is 0 Å². The van der Waals surface area contributed by atoms with Crippen molar-refractivity contribution in [3.8, 4) is 0 Å². The van der Waals surface area contributed by atoms with Crippen molar-refractivity contribution in [1.29, 1.82) is 0 Å². The second-order valence-electron chi connectivity index (χ2n) is 0.806. The molecule has 0 spiro atoms. The summed E-state index contributed by atoms with van der Waals surface area (Å²) in [7, 11) is -4.23. The van der Waals surface area contributed by atoms with Gasteiger partial charge < -0.3 is 13.0 Å². The highest BCUT2D eigenvalue weighted by atomic mass is 28.3. The van der Waals surface area contributed by atoms with Crippen LogP contribution in [0.5, 0.6) is 0 Å². The Balaban J connectivity index is 2.99. The smallest absolute Gasteiger partial charge is 0.285 e. The van der Waals surface area contributed by atoms with Gasteiger partial charge in [-0.05, 0) is 0 Å². The molecule has 0 atom stereocenters. The van der Waals surface area contributed by atoms with Crippen LogP contribution in [-0.4, -0.2) is 24.7 Å². The van der Waals surface area contributed by atoms with Crippen LogP contribution in [0.2, 0.25) is 0 Å². The van der Waals surface area contributed by atoms with Gasteiger partial charge in [-0.25, -0.2) is 0 Å². The summed E-state index contributed by atoms with van der Waals surface area (Å²) < 4.78 is 21.9. The third-order valence-electron chi connectivity index (χ3n) is 0.298. The average molecular weight is 126 g/mol. The van der Waals surface area contributed by atoms with Gasteiger partial charge in [-0.15, -0.1) is 0 Å². The van der Waals surface area contributed by atoms with E-state index in [-0.39, 0.29) is 0 Å². The van der Waals surface area contributed by atoms with Crippen LogP contribution in [0.1, 0.15) is 0 Å². The summed E-state index contributed by atoms with van der Waals surface area (Å²) in [6.07, 6.45) is 0. The van der Waals surface area contributed by atoms with E-state index >= 15 is 0 Å². The van der Waals surface area contributed by atoms with Crippen LogP contribution in [-0.2, 0) is 0 Å². The minimum Gasteiger partial charge on any atom is -0.314 e. The molecule has 0 N–H and O–H groups in total. The first kappa shape index (κ1) is 5.96. The summed E-state index contributed by atoms with van der Waals surface area (Å²) in [5, 5.41) is -0.713. The highest BCUT2D eigenvalue weighted by molar-refractivity contribution is 6.98. The predicted octanol–water partition coefficient (Wildman–Crippen LogP) is -0.787. The van der Waals surface area contributed by atoms with E-state index in [4.69, 9.17) is 0 Å². The molecule has 0 rings (SSSR count). The molecule has 5 heteroatoms. The number of halogens is 2. The fourth-order valence-electron chi connectivity index (χ4n) is 0.0357. The van der Waals surface area contributed by atoms with Crippen LogP contribution in [0.15, 0.2) is 0 Å². The lowest BCUT2D eigenvalue weighted by Crippen LogP contribution is -2.05. The highest BCUT2D eigenvalue weighted by Gasteiger charge is 1.97. The maximum absolute atomic E-state index is 11.0. The summed E-state index contributed by atoms with van der Waals surface area (Å²) in [6.45, 7) is 0. The SMILES string of the molecule is O=C([SiH2]F)[SiH2]F.